The second kappa shape index (κ2) is 12.2. The Morgan fingerprint density at radius 1 is 0.976 bits per heavy atom. The molecule has 2 aliphatic carbocycles. The maximum absolute atomic E-state index is 13.5. The number of aliphatic hydroxyl groups excluding tert-OH is 1. The van der Waals surface area contributed by atoms with Crippen LogP contribution in [-0.2, 0) is 6.42 Å². The lowest BCUT2D eigenvalue weighted by Crippen LogP contribution is -2.50. The molecule has 3 aliphatic rings. The van der Waals surface area contributed by atoms with Crippen LogP contribution >= 0.6 is 0 Å². The van der Waals surface area contributed by atoms with Crippen LogP contribution in [0.5, 0.6) is 5.75 Å². The summed E-state index contributed by atoms with van der Waals surface area (Å²) < 4.78 is 8.23. The standard InChI is InChI=1S/C34H41N3O4/c38-30(22-35-29-21-34(18-8-9-19-34)41-31-15-7-6-14-27(29)31)28(20-24-10-2-1-3-11-24)36-33(40)25-16-17-32(39)37(23-25)26-12-4-5-13-26/h1-3,6-7,10-11,14-17,23,26,28-30,35,38H,4-5,8-9,12-13,18-22H2,(H,36,40)/t28-,29-,30+/m0/s1. The highest BCUT2D eigenvalue weighted by atomic mass is 16.5. The largest absolute Gasteiger partial charge is 0.487 e. The van der Waals surface area contributed by atoms with Gasteiger partial charge in [0.1, 0.15) is 11.4 Å². The van der Waals surface area contributed by atoms with E-state index in [0.29, 0.717) is 18.5 Å². The van der Waals surface area contributed by atoms with Gasteiger partial charge in [0, 0.05) is 42.9 Å². The maximum Gasteiger partial charge on any atom is 0.253 e. The van der Waals surface area contributed by atoms with Crippen LogP contribution < -0.4 is 20.9 Å². The number of carbonyl (C=O) groups excluding carboxylic acids is 1. The van der Waals surface area contributed by atoms with Crippen LogP contribution in [0.3, 0.4) is 0 Å². The number of benzene rings is 2. The summed E-state index contributed by atoms with van der Waals surface area (Å²) in [5.41, 5.74) is 2.38. The van der Waals surface area contributed by atoms with Gasteiger partial charge in [0.25, 0.3) is 11.5 Å². The molecule has 3 aromatic rings. The van der Waals surface area contributed by atoms with Crippen LogP contribution in [0.2, 0.25) is 0 Å². The summed E-state index contributed by atoms with van der Waals surface area (Å²) in [6.07, 6.45) is 10.8. The summed E-state index contributed by atoms with van der Waals surface area (Å²) in [4.78, 5) is 26.0. The van der Waals surface area contributed by atoms with Gasteiger partial charge in [-0.1, -0.05) is 61.4 Å². The zero-order chi connectivity index (χ0) is 28.2. The van der Waals surface area contributed by atoms with Gasteiger partial charge in [0.05, 0.1) is 17.7 Å². The molecule has 2 fully saturated rings. The van der Waals surface area contributed by atoms with E-state index in [9.17, 15) is 14.7 Å². The molecular formula is C34H41N3O4. The lowest BCUT2D eigenvalue weighted by molar-refractivity contribution is 0.0327. The minimum absolute atomic E-state index is 0.0655. The van der Waals surface area contributed by atoms with Crippen molar-refractivity contribution in [1.82, 2.24) is 15.2 Å². The van der Waals surface area contributed by atoms with Gasteiger partial charge >= 0.3 is 0 Å². The van der Waals surface area contributed by atoms with Crippen molar-refractivity contribution < 1.29 is 14.6 Å². The van der Waals surface area contributed by atoms with Crippen molar-refractivity contribution in [3.8, 4) is 5.75 Å². The minimum atomic E-state index is -0.825. The molecule has 41 heavy (non-hydrogen) atoms. The fourth-order valence-electron chi connectivity index (χ4n) is 7.04. The van der Waals surface area contributed by atoms with Gasteiger partial charge in [-0.05, 0) is 62.6 Å². The lowest BCUT2D eigenvalue weighted by Gasteiger charge is -2.40. The van der Waals surface area contributed by atoms with E-state index in [0.717, 1.165) is 61.8 Å². The van der Waals surface area contributed by atoms with Gasteiger partial charge < -0.3 is 25.0 Å². The quantitative estimate of drug-likeness (QED) is 0.342. The fourth-order valence-corrected chi connectivity index (χ4v) is 7.04. The molecule has 2 aromatic carbocycles. The predicted octanol–water partition coefficient (Wildman–Crippen LogP) is 5.09. The molecule has 0 saturated heterocycles. The lowest BCUT2D eigenvalue weighted by atomic mass is 9.85. The highest BCUT2D eigenvalue weighted by molar-refractivity contribution is 5.94. The van der Waals surface area contributed by atoms with Crippen molar-refractivity contribution in [3.05, 3.63) is 100.0 Å². The third-order valence-corrected chi connectivity index (χ3v) is 9.28. The van der Waals surface area contributed by atoms with Crippen molar-refractivity contribution in [2.24, 2.45) is 0 Å². The van der Waals surface area contributed by atoms with Crippen LogP contribution in [-0.4, -0.2) is 39.9 Å². The van der Waals surface area contributed by atoms with E-state index in [1.54, 1.807) is 16.8 Å². The van der Waals surface area contributed by atoms with E-state index in [4.69, 9.17) is 4.74 Å². The van der Waals surface area contributed by atoms with Crippen molar-refractivity contribution in [2.45, 2.75) is 94.0 Å². The smallest absolute Gasteiger partial charge is 0.253 e. The number of amides is 1. The molecule has 1 aliphatic heterocycles. The third-order valence-electron chi connectivity index (χ3n) is 9.28. The second-order valence-electron chi connectivity index (χ2n) is 12.1. The van der Waals surface area contributed by atoms with Crippen LogP contribution in [0.4, 0.5) is 0 Å². The number of nitrogens with zero attached hydrogens (tertiary/aromatic N) is 1. The van der Waals surface area contributed by atoms with Gasteiger partial charge in [-0.3, -0.25) is 9.59 Å². The number of carbonyl (C=O) groups is 1. The Hall–Kier alpha value is -3.42. The van der Waals surface area contributed by atoms with E-state index in [1.807, 2.05) is 48.5 Å². The number of pyridine rings is 1. The van der Waals surface area contributed by atoms with Crippen molar-refractivity contribution in [3.63, 3.8) is 0 Å². The van der Waals surface area contributed by atoms with Gasteiger partial charge in [-0.2, -0.15) is 0 Å². The predicted molar refractivity (Wildman–Crippen MR) is 159 cm³/mol. The summed E-state index contributed by atoms with van der Waals surface area (Å²) in [6, 6.07) is 20.9. The Morgan fingerprint density at radius 2 is 1.71 bits per heavy atom. The molecule has 6 rings (SSSR count). The Morgan fingerprint density at radius 3 is 2.49 bits per heavy atom. The average molecular weight is 556 g/mol. The molecule has 1 amide bonds. The molecule has 7 heteroatoms. The van der Waals surface area contributed by atoms with E-state index >= 15 is 0 Å². The number of ether oxygens (including phenoxy) is 1. The number of nitrogens with one attached hydrogen (secondary N) is 2. The Bertz CT molecular complexity index is 1390. The summed E-state index contributed by atoms with van der Waals surface area (Å²) in [5.74, 6) is 0.650. The highest BCUT2D eigenvalue weighted by Crippen LogP contribution is 2.47. The van der Waals surface area contributed by atoms with Crippen LogP contribution in [0.25, 0.3) is 0 Å². The number of hydrogen-bond acceptors (Lipinski definition) is 5. The van der Waals surface area contributed by atoms with E-state index in [1.165, 1.54) is 18.9 Å². The first-order valence-corrected chi connectivity index (χ1v) is 15.3. The van der Waals surface area contributed by atoms with Crippen LogP contribution in [0, 0.1) is 0 Å². The molecular weight excluding hydrogens is 514 g/mol. The first-order chi connectivity index (χ1) is 20.0. The molecule has 1 spiro atoms. The molecule has 0 bridgehead atoms. The van der Waals surface area contributed by atoms with Crippen molar-refractivity contribution in [2.75, 3.05) is 6.54 Å². The van der Waals surface area contributed by atoms with Gasteiger partial charge in [-0.25, -0.2) is 0 Å². The zero-order valence-electron chi connectivity index (χ0n) is 23.6. The van der Waals surface area contributed by atoms with E-state index < -0.39 is 12.1 Å². The number of fused-ring (bicyclic) bond motifs is 1. The topological polar surface area (TPSA) is 92.6 Å². The number of para-hydroxylation sites is 1. The first-order valence-electron chi connectivity index (χ1n) is 15.3. The minimum Gasteiger partial charge on any atom is -0.487 e. The molecule has 2 heterocycles. The highest BCUT2D eigenvalue weighted by Gasteiger charge is 2.43. The third kappa shape index (κ3) is 6.26. The van der Waals surface area contributed by atoms with E-state index in [-0.39, 0.29) is 29.2 Å². The zero-order valence-corrected chi connectivity index (χ0v) is 23.6. The van der Waals surface area contributed by atoms with Crippen LogP contribution in [0.15, 0.2) is 77.7 Å². The van der Waals surface area contributed by atoms with E-state index in [2.05, 4.69) is 16.7 Å². The Balaban J connectivity index is 1.19. The fraction of sp³-hybridized carbons (Fsp3) is 0.471. The summed E-state index contributed by atoms with van der Waals surface area (Å²) >= 11 is 0. The Kier molecular flexibility index (Phi) is 8.26. The Labute approximate surface area is 241 Å². The number of aromatic nitrogens is 1. The molecule has 3 N–H and O–H groups in total. The monoisotopic (exact) mass is 555 g/mol. The SMILES string of the molecule is O=C(N[C@@H](Cc1ccccc1)[C@H](O)CN[C@H]1CC2(CCCC2)Oc2ccccc21)c1ccc(=O)n(C2CCCC2)c1. The second-order valence-corrected chi connectivity index (χ2v) is 12.1. The molecule has 216 valence electrons. The van der Waals surface area contributed by atoms with Crippen molar-refractivity contribution in [1.29, 1.82) is 0 Å². The van der Waals surface area contributed by atoms with Gasteiger partial charge in [0.15, 0.2) is 0 Å². The number of rotatable bonds is 9. The summed E-state index contributed by atoms with van der Waals surface area (Å²) in [5, 5.41) is 18.2. The molecule has 1 aromatic heterocycles. The van der Waals surface area contributed by atoms with Gasteiger partial charge in [-0.15, -0.1) is 0 Å². The summed E-state index contributed by atoms with van der Waals surface area (Å²) in [7, 11) is 0. The van der Waals surface area contributed by atoms with Crippen LogP contribution in [0.1, 0.15) is 91.4 Å². The molecule has 3 atom stereocenters. The molecule has 0 unspecified atom stereocenters. The normalized spacial score (nSPS) is 21.2. The maximum atomic E-state index is 13.5. The molecule has 0 radical (unpaired) electrons. The molecule has 2 saturated carbocycles. The number of hydrogen-bond donors (Lipinski definition) is 3. The summed E-state index contributed by atoms with van der Waals surface area (Å²) in [6.45, 7) is 0.328. The molecule has 7 nitrogen and oxygen atoms in total. The number of aliphatic hydroxyl groups is 1. The van der Waals surface area contributed by atoms with Crippen molar-refractivity contribution >= 4 is 5.91 Å². The average Bonchev–Trinajstić information content (AvgIpc) is 3.69. The van der Waals surface area contributed by atoms with Gasteiger partial charge in [0.2, 0.25) is 0 Å². The first kappa shape index (κ1) is 27.7.